The molecule has 3 aromatic rings. The Morgan fingerprint density at radius 3 is 2.60 bits per heavy atom. The number of nitrogens with one attached hydrogen (secondary N) is 1. The van der Waals surface area contributed by atoms with Crippen LogP contribution in [0.4, 0.5) is 4.39 Å². The fraction of sp³-hybridized carbons (Fsp3) is 0.250. The zero-order valence-corrected chi connectivity index (χ0v) is 16.0. The van der Waals surface area contributed by atoms with E-state index in [1.54, 1.807) is 12.1 Å². The van der Waals surface area contributed by atoms with Gasteiger partial charge in [0.05, 0.1) is 12.2 Å². The molecule has 3 rings (SSSR count). The molecule has 130 valence electrons. The maximum atomic E-state index is 13.8. The molecule has 0 saturated carbocycles. The Bertz CT molecular complexity index is 859. The minimum absolute atomic E-state index is 0.191. The summed E-state index contributed by atoms with van der Waals surface area (Å²) in [5.41, 5.74) is 5.20. The van der Waals surface area contributed by atoms with Crippen LogP contribution in [-0.2, 0) is 19.6 Å². The number of rotatable bonds is 6. The SMILES string of the molecule is Cc1nn(Cc2ccccc2)c(C)c1CNCc1cc(Br)ccc1F. The first-order valence-corrected chi connectivity index (χ1v) is 9.05. The number of hydrogen-bond donors (Lipinski definition) is 1. The molecular weight excluding hydrogens is 381 g/mol. The molecule has 5 heteroatoms. The minimum Gasteiger partial charge on any atom is -0.308 e. The van der Waals surface area contributed by atoms with Crippen LogP contribution in [0.15, 0.2) is 53.0 Å². The number of aromatic nitrogens is 2. The van der Waals surface area contributed by atoms with Crippen molar-refractivity contribution in [3.05, 3.63) is 86.9 Å². The molecule has 0 fully saturated rings. The van der Waals surface area contributed by atoms with Gasteiger partial charge in [-0.2, -0.15) is 5.10 Å². The lowest BCUT2D eigenvalue weighted by Gasteiger charge is -2.08. The second-order valence-electron chi connectivity index (χ2n) is 6.13. The van der Waals surface area contributed by atoms with E-state index in [-0.39, 0.29) is 5.82 Å². The Kier molecular flexibility index (Phi) is 5.66. The maximum absolute atomic E-state index is 13.8. The summed E-state index contributed by atoms with van der Waals surface area (Å²) < 4.78 is 16.7. The van der Waals surface area contributed by atoms with Gasteiger partial charge in [0.1, 0.15) is 5.82 Å². The van der Waals surface area contributed by atoms with Crippen molar-refractivity contribution in [2.75, 3.05) is 0 Å². The largest absolute Gasteiger partial charge is 0.308 e. The maximum Gasteiger partial charge on any atom is 0.127 e. The summed E-state index contributed by atoms with van der Waals surface area (Å²) in [7, 11) is 0. The number of benzene rings is 2. The van der Waals surface area contributed by atoms with E-state index < -0.39 is 0 Å². The van der Waals surface area contributed by atoms with Crippen molar-refractivity contribution < 1.29 is 4.39 Å². The molecule has 1 N–H and O–H groups in total. The van der Waals surface area contributed by atoms with Crippen molar-refractivity contribution in [1.82, 2.24) is 15.1 Å². The molecule has 25 heavy (non-hydrogen) atoms. The van der Waals surface area contributed by atoms with E-state index in [4.69, 9.17) is 0 Å². The molecule has 1 aromatic heterocycles. The van der Waals surface area contributed by atoms with Crippen LogP contribution in [0.2, 0.25) is 0 Å². The van der Waals surface area contributed by atoms with Crippen molar-refractivity contribution in [3.63, 3.8) is 0 Å². The fourth-order valence-corrected chi connectivity index (χ4v) is 3.31. The lowest BCUT2D eigenvalue weighted by molar-refractivity contribution is 0.586. The summed E-state index contributed by atoms with van der Waals surface area (Å²) in [4.78, 5) is 0. The predicted molar refractivity (Wildman–Crippen MR) is 102 cm³/mol. The Morgan fingerprint density at radius 1 is 1.08 bits per heavy atom. The predicted octanol–water partition coefficient (Wildman–Crippen LogP) is 4.74. The van der Waals surface area contributed by atoms with Crippen molar-refractivity contribution in [2.45, 2.75) is 33.5 Å². The first kappa shape index (κ1) is 17.8. The highest BCUT2D eigenvalue weighted by Crippen LogP contribution is 2.17. The average molecular weight is 402 g/mol. The third kappa shape index (κ3) is 4.35. The van der Waals surface area contributed by atoms with Crippen LogP contribution in [0.25, 0.3) is 0 Å². The van der Waals surface area contributed by atoms with Crippen molar-refractivity contribution >= 4 is 15.9 Å². The summed E-state index contributed by atoms with van der Waals surface area (Å²) in [6.07, 6.45) is 0. The molecule has 0 atom stereocenters. The third-order valence-corrected chi connectivity index (χ3v) is 4.82. The highest BCUT2D eigenvalue weighted by molar-refractivity contribution is 9.10. The zero-order valence-electron chi connectivity index (χ0n) is 14.4. The van der Waals surface area contributed by atoms with Crippen LogP contribution in [0.5, 0.6) is 0 Å². The van der Waals surface area contributed by atoms with Gasteiger partial charge >= 0.3 is 0 Å². The molecule has 0 aliphatic rings. The van der Waals surface area contributed by atoms with Crippen LogP contribution in [-0.4, -0.2) is 9.78 Å². The van der Waals surface area contributed by atoms with Gasteiger partial charge in [0.25, 0.3) is 0 Å². The third-order valence-electron chi connectivity index (χ3n) is 4.33. The highest BCUT2D eigenvalue weighted by atomic mass is 79.9. The van der Waals surface area contributed by atoms with E-state index in [2.05, 4.69) is 45.4 Å². The second kappa shape index (κ2) is 7.93. The van der Waals surface area contributed by atoms with Crippen molar-refractivity contribution in [1.29, 1.82) is 0 Å². The Hall–Kier alpha value is -1.98. The van der Waals surface area contributed by atoms with Crippen LogP contribution in [0, 0.1) is 19.7 Å². The molecule has 0 saturated heterocycles. The van der Waals surface area contributed by atoms with Gasteiger partial charge in [-0.25, -0.2) is 4.39 Å². The summed E-state index contributed by atoms with van der Waals surface area (Å²) in [6.45, 7) is 6.00. The van der Waals surface area contributed by atoms with Crippen LogP contribution in [0.1, 0.15) is 28.1 Å². The lowest BCUT2D eigenvalue weighted by Crippen LogP contribution is -2.15. The van der Waals surface area contributed by atoms with Gasteiger partial charge in [-0.3, -0.25) is 4.68 Å². The summed E-state index contributed by atoms with van der Waals surface area (Å²) in [5, 5.41) is 7.99. The molecule has 3 nitrogen and oxygen atoms in total. The summed E-state index contributed by atoms with van der Waals surface area (Å²) in [6, 6.07) is 15.3. The molecule has 0 aliphatic carbocycles. The standard InChI is InChI=1S/C20H21BrFN3/c1-14-19(12-23-11-17-10-18(21)8-9-20(17)22)15(2)25(24-14)13-16-6-4-3-5-7-16/h3-10,23H,11-13H2,1-2H3. The number of aryl methyl sites for hydroxylation is 1. The molecule has 0 aliphatic heterocycles. The molecule has 0 bridgehead atoms. The van der Waals surface area contributed by atoms with Crippen LogP contribution in [0.3, 0.4) is 0 Å². The molecule has 0 unspecified atom stereocenters. The first-order chi connectivity index (χ1) is 12.0. The van der Waals surface area contributed by atoms with E-state index in [9.17, 15) is 4.39 Å². The van der Waals surface area contributed by atoms with Gasteiger partial charge in [0.2, 0.25) is 0 Å². The van der Waals surface area contributed by atoms with E-state index in [1.165, 1.54) is 17.2 Å². The highest BCUT2D eigenvalue weighted by Gasteiger charge is 2.12. The van der Waals surface area contributed by atoms with Crippen LogP contribution < -0.4 is 5.32 Å². The molecule has 0 spiro atoms. The first-order valence-electron chi connectivity index (χ1n) is 8.26. The van der Waals surface area contributed by atoms with Gasteiger partial charge in [-0.1, -0.05) is 46.3 Å². The quantitative estimate of drug-likeness (QED) is 0.646. The van der Waals surface area contributed by atoms with E-state index >= 15 is 0 Å². The van der Waals surface area contributed by atoms with Crippen molar-refractivity contribution in [3.8, 4) is 0 Å². The van der Waals surface area contributed by atoms with Crippen molar-refractivity contribution in [2.24, 2.45) is 0 Å². The van der Waals surface area contributed by atoms with E-state index in [0.717, 1.165) is 22.4 Å². The normalized spacial score (nSPS) is 11.0. The van der Waals surface area contributed by atoms with Gasteiger partial charge in [0.15, 0.2) is 0 Å². The monoisotopic (exact) mass is 401 g/mol. The summed E-state index contributed by atoms with van der Waals surface area (Å²) >= 11 is 3.38. The van der Waals surface area contributed by atoms with Gasteiger partial charge in [-0.05, 0) is 37.6 Å². The molecule has 1 heterocycles. The van der Waals surface area contributed by atoms with E-state index in [0.29, 0.717) is 18.7 Å². The lowest BCUT2D eigenvalue weighted by atomic mass is 10.1. The Balaban J connectivity index is 1.68. The van der Waals surface area contributed by atoms with Gasteiger partial charge < -0.3 is 5.32 Å². The zero-order chi connectivity index (χ0) is 17.8. The van der Waals surface area contributed by atoms with Crippen LogP contribution >= 0.6 is 15.9 Å². The van der Waals surface area contributed by atoms with Gasteiger partial charge in [0, 0.05) is 34.4 Å². The number of nitrogens with zero attached hydrogens (tertiary/aromatic N) is 2. The average Bonchev–Trinajstić information content (AvgIpc) is 2.86. The van der Waals surface area contributed by atoms with Gasteiger partial charge in [-0.15, -0.1) is 0 Å². The minimum atomic E-state index is -0.191. The Morgan fingerprint density at radius 2 is 1.84 bits per heavy atom. The topological polar surface area (TPSA) is 29.9 Å². The molecule has 0 amide bonds. The molecule has 0 radical (unpaired) electrons. The molecular formula is C20H21BrFN3. The molecule has 2 aromatic carbocycles. The fourth-order valence-electron chi connectivity index (χ4n) is 2.90. The number of hydrogen-bond acceptors (Lipinski definition) is 2. The number of halogens is 2. The second-order valence-corrected chi connectivity index (χ2v) is 7.05. The smallest absolute Gasteiger partial charge is 0.127 e. The van der Waals surface area contributed by atoms with E-state index in [1.807, 2.05) is 29.8 Å². The Labute approximate surface area is 156 Å². The summed E-state index contributed by atoms with van der Waals surface area (Å²) in [5.74, 6) is -0.191.